The number of ether oxygens (including phenoxy) is 2. The lowest BCUT2D eigenvalue weighted by molar-refractivity contribution is -0.137. The number of carbonyl (C=O) groups excluding carboxylic acids is 3. The van der Waals surface area contributed by atoms with Crippen molar-refractivity contribution in [1.29, 1.82) is 0 Å². The summed E-state index contributed by atoms with van der Waals surface area (Å²) in [6.45, 7) is 6.86. The number of amides is 2. The molecule has 36 heavy (non-hydrogen) atoms. The van der Waals surface area contributed by atoms with Crippen molar-refractivity contribution in [2.24, 2.45) is 11.8 Å². The normalized spacial score (nSPS) is 24.4. The van der Waals surface area contributed by atoms with Crippen LogP contribution in [0.3, 0.4) is 0 Å². The number of methoxy groups -OCH3 is 1. The first-order valence-corrected chi connectivity index (χ1v) is 13.6. The molecule has 0 radical (unpaired) electrons. The lowest BCUT2D eigenvalue weighted by Crippen LogP contribution is -2.52. The Bertz CT molecular complexity index is 903. The molecular weight excluding hydrogens is 458 g/mol. The van der Waals surface area contributed by atoms with E-state index in [0.29, 0.717) is 49.5 Å². The van der Waals surface area contributed by atoms with Crippen molar-refractivity contribution < 1.29 is 23.9 Å². The minimum absolute atomic E-state index is 0.0507. The van der Waals surface area contributed by atoms with Crippen molar-refractivity contribution in [2.75, 3.05) is 57.9 Å². The van der Waals surface area contributed by atoms with Gasteiger partial charge in [0.15, 0.2) is 0 Å². The Hall–Kier alpha value is -2.45. The van der Waals surface area contributed by atoms with E-state index in [1.807, 2.05) is 4.90 Å². The second kappa shape index (κ2) is 12.7. The molecule has 3 heterocycles. The van der Waals surface area contributed by atoms with Crippen molar-refractivity contribution in [3.8, 4) is 0 Å². The zero-order valence-electron chi connectivity index (χ0n) is 21.8. The van der Waals surface area contributed by atoms with Crippen LogP contribution in [0, 0.1) is 11.8 Å². The van der Waals surface area contributed by atoms with Crippen LogP contribution < -0.4 is 4.90 Å². The largest absolute Gasteiger partial charge is 0.462 e. The number of carbonyl (C=O) groups is 3. The van der Waals surface area contributed by atoms with Gasteiger partial charge in [-0.2, -0.15) is 0 Å². The van der Waals surface area contributed by atoms with Crippen LogP contribution in [0.1, 0.15) is 62.2 Å². The molecule has 3 atom stereocenters. The molecule has 0 spiro atoms. The highest BCUT2D eigenvalue weighted by Gasteiger charge is 2.39. The average molecular weight is 500 g/mol. The van der Waals surface area contributed by atoms with Crippen LogP contribution in [-0.2, 0) is 19.1 Å². The maximum absolute atomic E-state index is 13.7. The monoisotopic (exact) mass is 499 g/mol. The van der Waals surface area contributed by atoms with Gasteiger partial charge in [0, 0.05) is 51.5 Å². The molecule has 3 saturated heterocycles. The van der Waals surface area contributed by atoms with Gasteiger partial charge in [-0.1, -0.05) is 6.42 Å². The summed E-state index contributed by atoms with van der Waals surface area (Å²) in [7, 11) is 1.69. The first-order valence-electron chi connectivity index (χ1n) is 13.6. The lowest BCUT2D eigenvalue weighted by Gasteiger charge is -2.46. The van der Waals surface area contributed by atoms with E-state index in [4.69, 9.17) is 9.47 Å². The van der Waals surface area contributed by atoms with Crippen LogP contribution >= 0.6 is 0 Å². The van der Waals surface area contributed by atoms with Gasteiger partial charge in [-0.3, -0.25) is 9.59 Å². The minimum atomic E-state index is -0.379. The molecule has 1 aromatic rings. The molecule has 0 N–H and O–H groups in total. The molecule has 3 aliphatic heterocycles. The third kappa shape index (κ3) is 6.27. The summed E-state index contributed by atoms with van der Waals surface area (Å²) in [5, 5.41) is 0. The summed E-state index contributed by atoms with van der Waals surface area (Å²) < 4.78 is 10.3. The molecule has 3 fully saturated rings. The molecule has 8 heteroatoms. The van der Waals surface area contributed by atoms with Crippen LogP contribution in [0.4, 0.5) is 5.69 Å². The standard InChI is InChI=1S/C28H41N3O5/c1-3-36-28(34)21-10-12-24(13-11-21)31-20-23(18-26(31)32)27(33)30(16-7-17-35-2)19-22-8-6-15-29-14-5-4-9-25(22)29/h10-13,22-23,25H,3-9,14-20H2,1-2H3. The molecule has 4 rings (SSSR count). The first-order chi connectivity index (χ1) is 17.5. The fourth-order valence-electron chi connectivity index (χ4n) is 6.14. The van der Waals surface area contributed by atoms with Crippen molar-refractivity contribution in [2.45, 2.75) is 57.9 Å². The average Bonchev–Trinajstić information content (AvgIpc) is 3.29. The van der Waals surface area contributed by atoms with Gasteiger partial charge in [-0.25, -0.2) is 4.79 Å². The Morgan fingerprint density at radius 3 is 2.61 bits per heavy atom. The molecule has 0 bridgehead atoms. The maximum atomic E-state index is 13.7. The van der Waals surface area contributed by atoms with E-state index in [9.17, 15) is 14.4 Å². The zero-order chi connectivity index (χ0) is 25.5. The van der Waals surface area contributed by atoms with Crippen LogP contribution in [0.15, 0.2) is 24.3 Å². The number of hydrogen-bond donors (Lipinski definition) is 0. The van der Waals surface area contributed by atoms with Crippen LogP contribution in [-0.4, -0.2) is 86.7 Å². The van der Waals surface area contributed by atoms with Crippen LogP contribution in [0.2, 0.25) is 0 Å². The summed E-state index contributed by atoms with van der Waals surface area (Å²) >= 11 is 0. The Morgan fingerprint density at radius 1 is 1.08 bits per heavy atom. The lowest BCUT2D eigenvalue weighted by atomic mass is 9.83. The smallest absolute Gasteiger partial charge is 0.338 e. The Labute approximate surface area is 214 Å². The van der Waals surface area contributed by atoms with Gasteiger partial charge >= 0.3 is 5.97 Å². The highest BCUT2D eigenvalue weighted by molar-refractivity contribution is 6.00. The number of esters is 1. The number of hydrogen-bond acceptors (Lipinski definition) is 6. The first kappa shape index (κ1) is 26.6. The fraction of sp³-hybridized carbons (Fsp3) is 0.679. The zero-order valence-corrected chi connectivity index (χ0v) is 21.8. The number of rotatable bonds is 10. The second-order valence-corrected chi connectivity index (χ2v) is 10.3. The molecule has 3 aliphatic rings. The van der Waals surface area contributed by atoms with E-state index in [1.165, 1.54) is 38.8 Å². The van der Waals surface area contributed by atoms with Gasteiger partial charge in [0.2, 0.25) is 11.8 Å². The molecule has 1 aromatic carbocycles. The third-order valence-corrected chi connectivity index (χ3v) is 7.94. The molecule has 2 amide bonds. The molecule has 198 valence electrons. The Kier molecular flexibility index (Phi) is 9.37. The quantitative estimate of drug-likeness (QED) is 0.363. The number of nitrogens with zero attached hydrogens (tertiary/aromatic N) is 3. The van der Waals surface area contributed by atoms with E-state index < -0.39 is 0 Å². The van der Waals surface area contributed by atoms with Crippen molar-refractivity contribution in [3.05, 3.63) is 29.8 Å². The van der Waals surface area contributed by atoms with Crippen molar-refractivity contribution >= 4 is 23.5 Å². The molecule has 8 nitrogen and oxygen atoms in total. The number of fused-ring (bicyclic) bond motifs is 1. The van der Waals surface area contributed by atoms with E-state index in [-0.39, 0.29) is 30.1 Å². The molecule has 0 aromatic heterocycles. The van der Waals surface area contributed by atoms with Gasteiger partial charge in [0.05, 0.1) is 18.1 Å². The summed E-state index contributed by atoms with van der Waals surface area (Å²) in [5.74, 6) is -0.205. The number of anilines is 1. The van der Waals surface area contributed by atoms with Gasteiger partial charge in [-0.05, 0) is 82.3 Å². The SMILES string of the molecule is CCOC(=O)c1ccc(N2CC(C(=O)N(CCCOC)CC3CCCN4CCCCC34)CC2=O)cc1. The van der Waals surface area contributed by atoms with Crippen LogP contribution in [0.25, 0.3) is 0 Å². The van der Waals surface area contributed by atoms with Gasteiger partial charge in [-0.15, -0.1) is 0 Å². The van der Waals surface area contributed by atoms with E-state index in [2.05, 4.69) is 4.90 Å². The van der Waals surface area contributed by atoms with E-state index >= 15 is 0 Å². The molecule has 0 aliphatic carbocycles. The van der Waals surface area contributed by atoms with Crippen molar-refractivity contribution in [3.63, 3.8) is 0 Å². The highest BCUT2D eigenvalue weighted by atomic mass is 16.5. The molecule has 3 unspecified atom stereocenters. The topological polar surface area (TPSA) is 79.4 Å². The predicted octanol–water partition coefficient (Wildman–Crippen LogP) is 3.35. The summed E-state index contributed by atoms with van der Waals surface area (Å²) in [6.07, 6.45) is 7.15. The van der Waals surface area contributed by atoms with Gasteiger partial charge in [0.25, 0.3) is 0 Å². The third-order valence-electron chi connectivity index (χ3n) is 7.94. The number of benzene rings is 1. The predicted molar refractivity (Wildman–Crippen MR) is 138 cm³/mol. The number of piperidine rings is 2. The van der Waals surface area contributed by atoms with E-state index in [0.717, 1.165) is 19.4 Å². The van der Waals surface area contributed by atoms with E-state index in [1.54, 1.807) is 43.2 Å². The fourth-order valence-corrected chi connectivity index (χ4v) is 6.14. The van der Waals surface area contributed by atoms with Crippen LogP contribution in [0.5, 0.6) is 0 Å². The molecule has 0 saturated carbocycles. The maximum Gasteiger partial charge on any atom is 0.338 e. The molecular formula is C28H41N3O5. The second-order valence-electron chi connectivity index (χ2n) is 10.3. The minimum Gasteiger partial charge on any atom is -0.462 e. The summed E-state index contributed by atoms with van der Waals surface area (Å²) in [4.78, 5) is 44.9. The van der Waals surface area contributed by atoms with Gasteiger partial charge in [0.1, 0.15) is 0 Å². The Morgan fingerprint density at radius 2 is 1.86 bits per heavy atom. The highest BCUT2D eigenvalue weighted by Crippen LogP contribution is 2.33. The Balaban J connectivity index is 1.42. The van der Waals surface area contributed by atoms with Crippen molar-refractivity contribution in [1.82, 2.24) is 9.80 Å². The summed E-state index contributed by atoms with van der Waals surface area (Å²) in [6, 6.07) is 7.43. The van der Waals surface area contributed by atoms with Gasteiger partial charge < -0.3 is 24.2 Å². The summed E-state index contributed by atoms with van der Waals surface area (Å²) in [5.41, 5.74) is 1.16.